The van der Waals surface area contributed by atoms with E-state index in [0.717, 1.165) is 32.5 Å². The van der Waals surface area contributed by atoms with Gasteiger partial charge in [-0.3, -0.25) is 4.79 Å². The third kappa shape index (κ3) is 4.05. The van der Waals surface area contributed by atoms with E-state index < -0.39 is 6.04 Å². The molecule has 1 unspecified atom stereocenters. The predicted molar refractivity (Wildman–Crippen MR) is 79.5 cm³/mol. The number of fused-ring (bicyclic) bond motifs is 1. The first-order valence-electron chi connectivity index (χ1n) is 7.42. The Morgan fingerprint density at radius 1 is 1.30 bits per heavy atom. The van der Waals surface area contributed by atoms with Crippen LogP contribution in [0.25, 0.3) is 0 Å². The second-order valence-electron chi connectivity index (χ2n) is 5.26. The van der Waals surface area contributed by atoms with Gasteiger partial charge in [0.25, 0.3) is 0 Å². The molecule has 1 aromatic rings. The van der Waals surface area contributed by atoms with Crippen molar-refractivity contribution in [1.82, 2.24) is 4.90 Å². The zero-order valence-corrected chi connectivity index (χ0v) is 12.2. The molecule has 2 N–H and O–H groups in total. The van der Waals surface area contributed by atoms with Crippen LogP contribution in [0.15, 0.2) is 24.3 Å². The average molecular weight is 276 g/mol. The molecule has 1 heterocycles. The quantitative estimate of drug-likeness (QED) is 0.825. The van der Waals surface area contributed by atoms with Crippen LogP contribution in [-0.4, -0.2) is 43.2 Å². The highest BCUT2D eigenvalue weighted by Crippen LogP contribution is 2.15. The van der Waals surface area contributed by atoms with Crippen molar-refractivity contribution < 1.29 is 9.53 Å². The fraction of sp³-hybridized carbons (Fsp3) is 0.562. The lowest BCUT2D eigenvalue weighted by Gasteiger charge is -2.21. The number of rotatable bonds is 5. The molecule has 20 heavy (non-hydrogen) atoms. The molecule has 1 aromatic carbocycles. The van der Waals surface area contributed by atoms with Crippen molar-refractivity contribution in [2.75, 3.05) is 26.2 Å². The van der Waals surface area contributed by atoms with E-state index >= 15 is 0 Å². The first-order chi connectivity index (χ1) is 9.70. The van der Waals surface area contributed by atoms with Gasteiger partial charge in [-0.1, -0.05) is 24.3 Å². The van der Waals surface area contributed by atoms with E-state index in [0.29, 0.717) is 13.0 Å². The third-order valence-corrected chi connectivity index (χ3v) is 3.86. The number of esters is 1. The number of hydrogen-bond acceptors (Lipinski definition) is 4. The molecule has 0 spiro atoms. The SMILES string of the molecule is CCOC(=O)C(N)CCN1CCc2ccccc2CC1. The number of nitrogens with two attached hydrogens (primary N) is 1. The molecule has 4 nitrogen and oxygen atoms in total. The Morgan fingerprint density at radius 3 is 2.45 bits per heavy atom. The number of carbonyl (C=O) groups excluding carboxylic acids is 1. The molecule has 0 aromatic heterocycles. The molecule has 0 bridgehead atoms. The topological polar surface area (TPSA) is 55.6 Å². The van der Waals surface area contributed by atoms with Crippen molar-refractivity contribution in [3.05, 3.63) is 35.4 Å². The van der Waals surface area contributed by atoms with Gasteiger partial charge in [-0.25, -0.2) is 0 Å². The Morgan fingerprint density at radius 2 is 1.90 bits per heavy atom. The summed E-state index contributed by atoms with van der Waals surface area (Å²) in [6.45, 7) is 5.12. The number of nitrogens with zero attached hydrogens (tertiary/aromatic N) is 1. The Labute approximate surface area is 120 Å². The highest BCUT2D eigenvalue weighted by Gasteiger charge is 2.18. The lowest BCUT2D eigenvalue weighted by Crippen LogP contribution is -2.37. The van der Waals surface area contributed by atoms with E-state index in [1.165, 1.54) is 11.1 Å². The van der Waals surface area contributed by atoms with Crippen molar-refractivity contribution in [2.24, 2.45) is 5.73 Å². The summed E-state index contributed by atoms with van der Waals surface area (Å²) < 4.78 is 4.94. The van der Waals surface area contributed by atoms with Gasteiger partial charge in [-0.2, -0.15) is 0 Å². The summed E-state index contributed by atoms with van der Waals surface area (Å²) in [5.41, 5.74) is 8.74. The molecule has 0 amide bonds. The fourth-order valence-electron chi connectivity index (χ4n) is 2.63. The van der Waals surface area contributed by atoms with Gasteiger partial charge in [0.05, 0.1) is 6.61 Å². The third-order valence-electron chi connectivity index (χ3n) is 3.86. The van der Waals surface area contributed by atoms with E-state index in [2.05, 4.69) is 29.2 Å². The molecule has 0 fully saturated rings. The molecule has 1 aliphatic heterocycles. The van der Waals surface area contributed by atoms with Gasteiger partial charge in [-0.15, -0.1) is 0 Å². The van der Waals surface area contributed by atoms with Crippen LogP contribution < -0.4 is 5.73 Å². The van der Waals surface area contributed by atoms with E-state index in [-0.39, 0.29) is 5.97 Å². The lowest BCUT2D eigenvalue weighted by atomic mass is 10.0. The number of ether oxygens (including phenoxy) is 1. The Bertz CT molecular complexity index is 421. The summed E-state index contributed by atoms with van der Waals surface area (Å²) in [7, 11) is 0. The van der Waals surface area contributed by atoms with Crippen molar-refractivity contribution in [3.63, 3.8) is 0 Å². The number of benzene rings is 1. The number of hydrogen-bond donors (Lipinski definition) is 1. The number of carbonyl (C=O) groups is 1. The first kappa shape index (κ1) is 15.0. The van der Waals surface area contributed by atoms with Gasteiger partial charge < -0.3 is 15.4 Å². The Hall–Kier alpha value is -1.39. The first-order valence-corrected chi connectivity index (χ1v) is 7.42. The van der Waals surface area contributed by atoms with Crippen molar-refractivity contribution >= 4 is 5.97 Å². The summed E-state index contributed by atoms with van der Waals surface area (Å²) in [6, 6.07) is 8.13. The molecule has 0 saturated heterocycles. The lowest BCUT2D eigenvalue weighted by molar-refractivity contribution is -0.144. The van der Waals surface area contributed by atoms with Gasteiger partial charge in [0.15, 0.2) is 0 Å². The molecule has 1 aliphatic rings. The van der Waals surface area contributed by atoms with Gasteiger partial charge >= 0.3 is 5.97 Å². The summed E-state index contributed by atoms with van der Waals surface area (Å²) in [5, 5.41) is 0. The maximum atomic E-state index is 11.5. The van der Waals surface area contributed by atoms with Crippen LogP contribution in [-0.2, 0) is 22.4 Å². The normalized spacial score (nSPS) is 17.1. The average Bonchev–Trinajstić information content (AvgIpc) is 2.67. The summed E-state index contributed by atoms with van der Waals surface area (Å²) >= 11 is 0. The van der Waals surface area contributed by atoms with E-state index in [4.69, 9.17) is 10.5 Å². The predicted octanol–water partition coefficient (Wildman–Crippen LogP) is 1.37. The van der Waals surface area contributed by atoms with E-state index in [1.807, 2.05) is 0 Å². The van der Waals surface area contributed by atoms with Crippen LogP contribution in [0.4, 0.5) is 0 Å². The van der Waals surface area contributed by atoms with Crippen molar-refractivity contribution in [3.8, 4) is 0 Å². The van der Waals surface area contributed by atoms with Crippen LogP contribution in [0.3, 0.4) is 0 Å². The Kier molecular flexibility index (Phi) is 5.56. The largest absolute Gasteiger partial charge is 0.465 e. The molecular weight excluding hydrogens is 252 g/mol. The van der Waals surface area contributed by atoms with Crippen molar-refractivity contribution in [1.29, 1.82) is 0 Å². The van der Waals surface area contributed by atoms with Crippen LogP contribution in [0.1, 0.15) is 24.5 Å². The van der Waals surface area contributed by atoms with Gasteiger partial charge in [0.1, 0.15) is 6.04 Å². The van der Waals surface area contributed by atoms with Crippen molar-refractivity contribution in [2.45, 2.75) is 32.2 Å². The molecule has 0 saturated carbocycles. The molecule has 4 heteroatoms. The van der Waals surface area contributed by atoms with Gasteiger partial charge in [-0.05, 0) is 37.3 Å². The smallest absolute Gasteiger partial charge is 0.322 e. The zero-order chi connectivity index (χ0) is 14.4. The minimum atomic E-state index is -0.499. The molecule has 0 aliphatic carbocycles. The van der Waals surface area contributed by atoms with E-state index in [1.54, 1.807) is 6.92 Å². The molecule has 110 valence electrons. The van der Waals surface area contributed by atoms with Crippen LogP contribution in [0.5, 0.6) is 0 Å². The fourth-order valence-corrected chi connectivity index (χ4v) is 2.63. The standard InChI is InChI=1S/C16H24N2O2/c1-2-20-16(19)15(17)9-12-18-10-7-13-5-3-4-6-14(13)8-11-18/h3-6,15H,2,7-12,17H2,1H3. The molecule has 1 atom stereocenters. The van der Waals surface area contributed by atoms with Gasteiger partial charge in [0.2, 0.25) is 0 Å². The zero-order valence-electron chi connectivity index (χ0n) is 12.2. The summed E-state index contributed by atoms with van der Waals surface area (Å²) in [6.07, 6.45) is 2.81. The highest BCUT2D eigenvalue weighted by atomic mass is 16.5. The molecular formula is C16H24N2O2. The molecule has 0 radical (unpaired) electrons. The second kappa shape index (κ2) is 7.41. The highest BCUT2D eigenvalue weighted by molar-refractivity contribution is 5.75. The summed E-state index contributed by atoms with van der Waals surface area (Å²) in [5.74, 6) is -0.286. The molecule has 2 rings (SSSR count). The van der Waals surface area contributed by atoms with E-state index in [9.17, 15) is 4.79 Å². The van der Waals surface area contributed by atoms with Crippen LogP contribution >= 0.6 is 0 Å². The minimum absolute atomic E-state index is 0.286. The summed E-state index contributed by atoms with van der Waals surface area (Å²) in [4.78, 5) is 13.9. The maximum Gasteiger partial charge on any atom is 0.322 e. The van der Waals surface area contributed by atoms with Crippen LogP contribution in [0, 0.1) is 0 Å². The monoisotopic (exact) mass is 276 g/mol. The second-order valence-corrected chi connectivity index (χ2v) is 5.26. The Balaban J connectivity index is 1.80. The maximum absolute atomic E-state index is 11.5. The minimum Gasteiger partial charge on any atom is -0.465 e. The van der Waals surface area contributed by atoms with Crippen LogP contribution in [0.2, 0.25) is 0 Å². The van der Waals surface area contributed by atoms with Gasteiger partial charge in [0, 0.05) is 19.6 Å².